The molecular weight excluding hydrogens is 343 g/mol. The molecule has 0 spiro atoms. The van der Waals surface area contributed by atoms with E-state index in [2.05, 4.69) is 19.2 Å². The quantitative estimate of drug-likeness (QED) is 0.675. The Morgan fingerprint density at radius 3 is 2.23 bits per heavy atom. The number of nitrogens with one attached hydrogen (secondary N) is 1. The molecule has 0 unspecified atom stereocenters. The van der Waals surface area contributed by atoms with Crippen LogP contribution in [0.25, 0.3) is 0 Å². The fraction of sp³-hybridized carbons (Fsp3) is 0.700. The molecule has 0 aliphatic carbocycles. The number of hydrogen-bond donors (Lipinski definition) is 1. The lowest BCUT2D eigenvalue weighted by Gasteiger charge is -2.37. The maximum atomic E-state index is 13.7. The standard InChI is InChI=1S/C20H28F3NO2/c1-3-5-12-18(13-6-4-2)14-25-19(20(21,22)23)17(26-19)16(24-18)15-10-8-7-9-11-15/h7-11,16-17,24H,3-6,12-14H2,1-2H3/t16-,17+,19-/m1/s1. The molecule has 2 aliphatic rings. The third-order valence-electron chi connectivity index (χ3n) is 5.52. The lowest BCUT2D eigenvalue weighted by Crippen LogP contribution is -2.50. The number of ether oxygens (including phenoxy) is 2. The first-order valence-corrected chi connectivity index (χ1v) is 9.58. The second-order valence-electron chi connectivity index (χ2n) is 7.51. The van der Waals surface area contributed by atoms with Gasteiger partial charge in [0.15, 0.2) is 0 Å². The van der Waals surface area contributed by atoms with Crippen LogP contribution in [0.2, 0.25) is 0 Å². The van der Waals surface area contributed by atoms with Crippen LogP contribution >= 0.6 is 0 Å². The van der Waals surface area contributed by atoms with E-state index in [1.807, 2.05) is 30.3 Å². The summed E-state index contributed by atoms with van der Waals surface area (Å²) in [6, 6.07) is 8.74. The van der Waals surface area contributed by atoms with Crippen molar-refractivity contribution in [3.8, 4) is 0 Å². The second kappa shape index (κ2) is 7.49. The first kappa shape index (κ1) is 19.6. The molecule has 0 saturated carbocycles. The van der Waals surface area contributed by atoms with Crippen molar-refractivity contribution in [2.45, 2.75) is 82.0 Å². The first-order valence-electron chi connectivity index (χ1n) is 9.58. The normalized spacial score (nSPS) is 30.5. The average molecular weight is 371 g/mol. The van der Waals surface area contributed by atoms with Gasteiger partial charge < -0.3 is 9.47 Å². The number of halogens is 3. The fourth-order valence-electron chi connectivity index (χ4n) is 3.92. The highest BCUT2D eigenvalue weighted by Crippen LogP contribution is 2.57. The summed E-state index contributed by atoms with van der Waals surface area (Å²) in [5, 5.41) is 3.55. The molecule has 3 atom stereocenters. The van der Waals surface area contributed by atoms with Crippen LogP contribution < -0.4 is 5.32 Å². The van der Waals surface area contributed by atoms with Gasteiger partial charge in [-0.1, -0.05) is 69.9 Å². The highest BCUT2D eigenvalue weighted by Gasteiger charge is 2.79. The number of benzene rings is 1. The van der Waals surface area contributed by atoms with Crippen LogP contribution in [0.4, 0.5) is 13.2 Å². The van der Waals surface area contributed by atoms with E-state index in [0.717, 1.165) is 44.1 Å². The SMILES string of the molecule is CCCCC1(CCCC)CO[C@@]2(C(F)(F)F)O[C@H]2[C@@H](c2ccccc2)N1. The van der Waals surface area contributed by atoms with Gasteiger partial charge in [-0.15, -0.1) is 0 Å². The lowest BCUT2D eigenvalue weighted by molar-refractivity contribution is -0.275. The molecule has 1 aromatic rings. The van der Waals surface area contributed by atoms with Crippen molar-refractivity contribution in [3.05, 3.63) is 35.9 Å². The minimum atomic E-state index is -4.54. The highest BCUT2D eigenvalue weighted by molar-refractivity contribution is 5.26. The van der Waals surface area contributed by atoms with Crippen LogP contribution in [0.15, 0.2) is 30.3 Å². The lowest BCUT2D eigenvalue weighted by atomic mass is 9.86. The number of fused-ring (bicyclic) bond motifs is 1. The molecule has 2 heterocycles. The summed E-state index contributed by atoms with van der Waals surface area (Å²) in [4.78, 5) is 0. The Hall–Kier alpha value is -1.11. The van der Waals surface area contributed by atoms with Crippen LogP contribution in [0.1, 0.15) is 64.0 Å². The molecule has 1 N–H and O–H groups in total. The van der Waals surface area contributed by atoms with Crippen molar-refractivity contribution in [1.29, 1.82) is 0 Å². The number of alkyl halides is 3. The smallest absolute Gasteiger partial charge is 0.339 e. The number of hydrogen-bond acceptors (Lipinski definition) is 3. The molecule has 6 heteroatoms. The number of rotatable bonds is 7. The van der Waals surface area contributed by atoms with E-state index in [4.69, 9.17) is 9.47 Å². The predicted molar refractivity (Wildman–Crippen MR) is 93.7 cm³/mol. The van der Waals surface area contributed by atoms with Crippen LogP contribution in [-0.4, -0.2) is 30.2 Å². The molecule has 2 fully saturated rings. The summed E-state index contributed by atoms with van der Waals surface area (Å²) in [6.45, 7) is 4.21. The Morgan fingerprint density at radius 1 is 1.08 bits per heavy atom. The number of unbranched alkanes of at least 4 members (excludes halogenated alkanes) is 2. The van der Waals surface area contributed by atoms with Gasteiger partial charge in [-0.3, -0.25) is 5.32 Å². The summed E-state index contributed by atoms with van der Waals surface area (Å²) in [5.74, 6) is -2.47. The Kier molecular flexibility index (Phi) is 5.66. The zero-order valence-corrected chi connectivity index (χ0v) is 15.4. The zero-order chi connectivity index (χ0) is 18.8. The van der Waals surface area contributed by atoms with Gasteiger partial charge in [-0.05, 0) is 18.4 Å². The average Bonchev–Trinajstić information content (AvgIpc) is 3.37. The summed E-state index contributed by atoms with van der Waals surface area (Å²) in [5.41, 5.74) is 0.355. The Bertz CT molecular complexity index is 584. The third-order valence-corrected chi connectivity index (χ3v) is 5.52. The van der Waals surface area contributed by atoms with Crippen molar-refractivity contribution in [1.82, 2.24) is 5.32 Å². The van der Waals surface area contributed by atoms with Gasteiger partial charge in [0.25, 0.3) is 5.79 Å². The van der Waals surface area contributed by atoms with Gasteiger partial charge >= 0.3 is 6.18 Å². The number of epoxide rings is 1. The zero-order valence-electron chi connectivity index (χ0n) is 15.4. The first-order chi connectivity index (χ1) is 12.4. The molecule has 2 aliphatic heterocycles. The minimum Gasteiger partial charge on any atom is -0.339 e. The largest absolute Gasteiger partial charge is 0.446 e. The van der Waals surface area contributed by atoms with Crippen molar-refractivity contribution in [2.24, 2.45) is 0 Å². The van der Waals surface area contributed by atoms with Gasteiger partial charge in [0.05, 0.1) is 12.6 Å². The molecule has 3 nitrogen and oxygen atoms in total. The molecule has 0 bridgehead atoms. The van der Waals surface area contributed by atoms with E-state index in [9.17, 15) is 13.2 Å². The predicted octanol–water partition coefficient (Wildman–Crippen LogP) is 5.12. The van der Waals surface area contributed by atoms with E-state index < -0.39 is 29.6 Å². The van der Waals surface area contributed by atoms with E-state index >= 15 is 0 Å². The molecule has 1 aromatic carbocycles. The fourth-order valence-corrected chi connectivity index (χ4v) is 3.92. The Balaban J connectivity index is 1.94. The minimum absolute atomic E-state index is 0.0202. The molecule has 3 rings (SSSR count). The molecule has 26 heavy (non-hydrogen) atoms. The molecule has 0 radical (unpaired) electrons. The summed E-state index contributed by atoms with van der Waals surface area (Å²) < 4.78 is 51.8. The van der Waals surface area contributed by atoms with Crippen molar-refractivity contribution in [2.75, 3.05) is 6.61 Å². The molecular formula is C20H28F3NO2. The van der Waals surface area contributed by atoms with Gasteiger partial charge in [0.2, 0.25) is 0 Å². The summed E-state index contributed by atoms with van der Waals surface area (Å²) >= 11 is 0. The van der Waals surface area contributed by atoms with Crippen LogP contribution in [-0.2, 0) is 9.47 Å². The van der Waals surface area contributed by atoms with Crippen molar-refractivity contribution in [3.63, 3.8) is 0 Å². The summed E-state index contributed by atoms with van der Waals surface area (Å²) in [7, 11) is 0. The van der Waals surface area contributed by atoms with E-state index in [1.54, 1.807) is 0 Å². The third kappa shape index (κ3) is 3.64. The molecule has 2 saturated heterocycles. The van der Waals surface area contributed by atoms with E-state index in [-0.39, 0.29) is 6.61 Å². The maximum absolute atomic E-state index is 13.7. The van der Waals surface area contributed by atoms with Gasteiger partial charge in [0.1, 0.15) is 6.10 Å². The molecule has 146 valence electrons. The topological polar surface area (TPSA) is 33.8 Å². The van der Waals surface area contributed by atoms with Gasteiger partial charge in [0, 0.05) is 5.54 Å². The molecule has 0 amide bonds. The van der Waals surface area contributed by atoms with Gasteiger partial charge in [-0.2, -0.15) is 13.2 Å². The van der Waals surface area contributed by atoms with Crippen LogP contribution in [0, 0.1) is 0 Å². The monoisotopic (exact) mass is 371 g/mol. The highest BCUT2D eigenvalue weighted by atomic mass is 19.4. The van der Waals surface area contributed by atoms with Crippen LogP contribution in [0.3, 0.4) is 0 Å². The van der Waals surface area contributed by atoms with Crippen molar-refractivity contribution < 1.29 is 22.6 Å². The van der Waals surface area contributed by atoms with Gasteiger partial charge in [-0.25, -0.2) is 0 Å². The second-order valence-corrected chi connectivity index (χ2v) is 7.51. The van der Waals surface area contributed by atoms with Crippen molar-refractivity contribution >= 4 is 0 Å². The van der Waals surface area contributed by atoms with E-state index in [0.29, 0.717) is 0 Å². The summed E-state index contributed by atoms with van der Waals surface area (Å²) in [6.07, 6.45) is -0.0988. The molecule has 0 aromatic heterocycles. The Morgan fingerprint density at radius 2 is 1.69 bits per heavy atom. The van der Waals surface area contributed by atoms with E-state index in [1.165, 1.54) is 0 Å². The Labute approximate surface area is 153 Å². The van der Waals surface area contributed by atoms with Crippen LogP contribution in [0.5, 0.6) is 0 Å². The maximum Gasteiger partial charge on any atom is 0.446 e.